The standard InChI is InChI=1S/C17H16F2O3/c1-3-21-14-10-9-13(15(18)16(14)19)11-5-7-12(8-6-11)17(20)22-4-2/h5-10H,3-4H2,1-2H3. The molecule has 0 unspecified atom stereocenters. The molecule has 2 aromatic carbocycles. The number of carbonyl (C=O) groups is 1. The molecule has 22 heavy (non-hydrogen) atoms. The van der Waals surface area contributed by atoms with Crippen molar-refractivity contribution in [2.24, 2.45) is 0 Å². The molecule has 116 valence electrons. The van der Waals surface area contributed by atoms with Gasteiger partial charge in [0.25, 0.3) is 0 Å². The molecule has 0 aliphatic carbocycles. The zero-order valence-electron chi connectivity index (χ0n) is 12.4. The molecule has 0 heterocycles. The van der Waals surface area contributed by atoms with Crippen LogP contribution in [0, 0.1) is 11.6 Å². The molecule has 0 saturated heterocycles. The molecule has 0 radical (unpaired) electrons. The van der Waals surface area contributed by atoms with Crippen molar-refractivity contribution in [3.8, 4) is 16.9 Å². The van der Waals surface area contributed by atoms with Gasteiger partial charge in [0.15, 0.2) is 11.6 Å². The summed E-state index contributed by atoms with van der Waals surface area (Å²) in [6, 6.07) is 8.95. The number of hydrogen-bond donors (Lipinski definition) is 0. The highest BCUT2D eigenvalue weighted by atomic mass is 19.2. The van der Waals surface area contributed by atoms with Crippen molar-refractivity contribution in [2.45, 2.75) is 13.8 Å². The molecule has 0 amide bonds. The van der Waals surface area contributed by atoms with Gasteiger partial charge in [0, 0.05) is 5.56 Å². The Morgan fingerprint density at radius 1 is 0.955 bits per heavy atom. The van der Waals surface area contributed by atoms with Gasteiger partial charge in [-0.15, -0.1) is 0 Å². The highest BCUT2D eigenvalue weighted by Gasteiger charge is 2.16. The van der Waals surface area contributed by atoms with Crippen molar-refractivity contribution >= 4 is 5.97 Å². The van der Waals surface area contributed by atoms with E-state index in [1.54, 1.807) is 26.0 Å². The molecule has 5 heteroatoms. The summed E-state index contributed by atoms with van der Waals surface area (Å²) < 4.78 is 37.9. The Balaban J connectivity index is 2.32. The Morgan fingerprint density at radius 3 is 2.23 bits per heavy atom. The maximum Gasteiger partial charge on any atom is 0.338 e. The van der Waals surface area contributed by atoms with E-state index >= 15 is 0 Å². The van der Waals surface area contributed by atoms with Gasteiger partial charge in [0.2, 0.25) is 5.82 Å². The fourth-order valence-corrected chi connectivity index (χ4v) is 2.02. The lowest BCUT2D eigenvalue weighted by Crippen LogP contribution is -2.04. The van der Waals surface area contributed by atoms with E-state index in [-0.39, 0.29) is 24.5 Å². The van der Waals surface area contributed by atoms with Crippen LogP contribution in [-0.2, 0) is 4.74 Å². The highest BCUT2D eigenvalue weighted by Crippen LogP contribution is 2.30. The quantitative estimate of drug-likeness (QED) is 0.776. The normalized spacial score (nSPS) is 10.4. The molecule has 3 nitrogen and oxygen atoms in total. The number of ether oxygens (including phenoxy) is 2. The van der Waals surface area contributed by atoms with Gasteiger partial charge in [-0.2, -0.15) is 4.39 Å². The Hall–Kier alpha value is -2.43. The van der Waals surface area contributed by atoms with Gasteiger partial charge in [-0.05, 0) is 43.7 Å². The number of benzene rings is 2. The summed E-state index contributed by atoms with van der Waals surface area (Å²) in [5.74, 6) is -2.57. The fourth-order valence-electron chi connectivity index (χ4n) is 2.02. The monoisotopic (exact) mass is 306 g/mol. The third kappa shape index (κ3) is 3.24. The van der Waals surface area contributed by atoms with Crippen molar-refractivity contribution in [1.82, 2.24) is 0 Å². The maximum atomic E-state index is 14.1. The smallest absolute Gasteiger partial charge is 0.338 e. The lowest BCUT2D eigenvalue weighted by molar-refractivity contribution is 0.0526. The van der Waals surface area contributed by atoms with E-state index in [4.69, 9.17) is 9.47 Å². The van der Waals surface area contributed by atoms with Gasteiger partial charge in [-0.3, -0.25) is 0 Å². The minimum atomic E-state index is -1.02. The average Bonchev–Trinajstić information content (AvgIpc) is 2.53. The van der Waals surface area contributed by atoms with Crippen LogP contribution in [0.25, 0.3) is 11.1 Å². The van der Waals surface area contributed by atoms with Crippen LogP contribution in [0.4, 0.5) is 8.78 Å². The van der Waals surface area contributed by atoms with Gasteiger partial charge in [0.1, 0.15) is 0 Å². The first-order chi connectivity index (χ1) is 10.6. The van der Waals surface area contributed by atoms with E-state index in [9.17, 15) is 13.6 Å². The summed E-state index contributed by atoms with van der Waals surface area (Å²) >= 11 is 0. The molecule has 0 aliphatic heterocycles. The first-order valence-electron chi connectivity index (χ1n) is 6.96. The Morgan fingerprint density at radius 2 is 1.64 bits per heavy atom. The molecule has 2 aromatic rings. The second-order valence-corrected chi connectivity index (χ2v) is 4.47. The molecule has 0 fully saturated rings. The van der Waals surface area contributed by atoms with Crippen LogP contribution in [0.15, 0.2) is 36.4 Å². The topological polar surface area (TPSA) is 35.5 Å². The lowest BCUT2D eigenvalue weighted by atomic mass is 10.0. The van der Waals surface area contributed by atoms with Crippen molar-refractivity contribution in [1.29, 1.82) is 0 Å². The Labute approximate surface area is 127 Å². The van der Waals surface area contributed by atoms with Crippen LogP contribution in [0.3, 0.4) is 0 Å². The van der Waals surface area contributed by atoms with Gasteiger partial charge >= 0.3 is 5.97 Å². The van der Waals surface area contributed by atoms with Crippen molar-refractivity contribution < 1.29 is 23.0 Å². The van der Waals surface area contributed by atoms with Crippen LogP contribution in [0.2, 0.25) is 0 Å². The van der Waals surface area contributed by atoms with E-state index in [1.165, 1.54) is 24.3 Å². The molecular formula is C17H16F2O3. The molecule has 0 bridgehead atoms. The number of carbonyl (C=O) groups excluding carboxylic acids is 1. The first kappa shape index (κ1) is 15.9. The summed E-state index contributed by atoms with van der Waals surface area (Å²) in [5.41, 5.74) is 0.932. The zero-order chi connectivity index (χ0) is 16.1. The van der Waals surface area contributed by atoms with E-state index in [0.717, 1.165) is 0 Å². The second kappa shape index (κ2) is 7.02. The molecule has 0 N–H and O–H groups in total. The Kier molecular flexibility index (Phi) is 5.09. The number of halogens is 2. The summed E-state index contributed by atoms with van der Waals surface area (Å²) in [4.78, 5) is 11.6. The van der Waals surface area contributed by atoms with Crippen LogP contribution in [0.5, 0.6) is 5.75 Å². The molecule has 0 atom stereocenters. The third-order valence-electron chi connectivity index (χ3n) is 3.05. The molecule has 2 rings (SSSR count). The minimum Gasteiger partial charge on any atom is -0.491 e. The SMILES string of the molecule is CCOC(=O)c1ccc(-c2ccc(OCC)c(F)c2F)cc1. The number of esters is 1. The number of rotatable bonds is 5. The van der Waals surface area contributed by atoms with E-state index in [0.29, 0.717) is 11.1 Å². The summed E-state index contributed by atoms with van der Waals surface area (Å²) in [5, 5.41) is 0. The van der Waals surface area contributed by atoms with E-state index < -0.39 is 17.6 Å². The molecule has 0 spiro atoms. The van der Waals surface area contributed by atoms with Crippen LogP contribution < -0.4 is 4.74 Å². The van der Waals surface area contributed by atoms with Crippen LogP contribution in [-0.4, -0.2) is 19.2 Å². The lowest BCUT2D eigenvalue weighted by Gasteiger charge is -2.09. The second-order valence-electron chi connectivity index (χ2n) is 4.47. The third-order valence-corrected chi connectivity index (χ3v) is 3.05. The summed E-state index contributed by atoms with van der Waals surface area (Å²) in [7, 11) is 0. The summed E-state index contributed by atoms with van der Waals surface area (Å²) in [6.07, 6.45) is 0. The van der Waals surface area contributed by atoms with Gasteiger partial charge in [-0.1, -0.05) is 12.1 Å². The van der Waals surface area contributed by atoms with Gasteiger partial charge in [-0.25, -0.2) is 9.18 Å². The van der Waals surface area contributed by atoms with E-state index in [1.807, 2.05) is 0 Å². The number of hydrogen-bond acceptors (Lipinski definition) is 3. The Bertz CT molecular complexity index is 666. The minimum absolute atomic E-state index is 0.108. The predicted molar refractivity (Wildman–Crippen MR) is 78.9 cm³/mol. The first-order valence-corrected chi connectivity index (χ1v) is 6.96. The van der Waals surface area contributed by atoms with Gasteiger partial charge in [0.05, 0.1) is 18.8 Å². The molecular weight excluding hydrogens is 290 g/mol. The van der Waals surface area contributed by atoms with Crippen LogP contribution >= 0.6 is 0 Å². The largest absolute Gasteiger partial charge is 0.491 e. The summed E-state index contributed by atoms with van der Waals surface area (Å²) in [6.45, 7) is 3.94. The van der Waals surface area contributed by atoms with Gasteiger partial charge < -0.3 is 9.47 Å². The van der Waals surface area contributed by atoms with Crippen molar-refractivity contribution in [3.05, 3.63) is 53.6 Å². The predicted octanol–water partition coefficient (Wildman–Crippen LogP) is 4.21. The van der Waals surface area contributed by atoms with Crippen molar-refractivity contribution in [3.63, 3.8) is 0 Å². The van der Waals surface area contributed by atoms with Crippen molar-refractivity contribution in [2.75, 3.05) is 13.2 Å². The van der Waals surface area contributed by atoms with E-state index in [2.05, 4.69) is 0 Å². The maximum absolute atomic E-state index is 14.1. The van der Waals surface area contributed by atoms with Crippen LogP contribution in [0.1, 0.15) is 24.2 Å². The zero-order valence-corrected chi connectivity index (χ0v) is 12.4. The molecule has 0 saturated carbocycles. The fraction of sp³-hybridized carbons (Fsp3) is 0.235. The highest BCUT2D eigenvalue weighted by molar-refractivity contribution is 5.90. The average molecular weight is 306 g/mol. The molecule has 0 aliphatic rings. The molecule has 0 aromatic heterocycles.